The molecule has 1 aromatic rings. The molecular formula is C15H19ClN2O2. The average molecular weight is 295 g/mol. The zero-order valence-electron chi connectivity index (χ0n) is 11.7. The Morgan fingerprint density at radius 3 is 2.70 bits per heavy atom. The molecule has 1 aromatic carbocycles. The van der Waals surface area contributed by atoms with Crippen LogP contribution < -0.4 is 11.1 Å². The minimum absolute atomic E-state index is 0.0865. The number of ether oxygens (including phenoxy) is 1. The molecular weight excluding hydrogens is 276 g/mol. The minimum Gasteiger partial charge on any atom is -0.377 e. The molecule has 0 radical (unpaired) electrons. The van der Waals surface area contributed by atoms with Crippen LogP contribution in [0.1, 0.15) is 20.3 Å². The van der Waals surface area contributed by atoms with Crippen LogP contribution in [0.4, 0.5) is 5.69 Å². The van der Waals surface area contributed by atoms with Crippen molar-refractivity contribution < 1.29 is 9.53 Å². The van der Waals surface area contributed by atoms with Gasteiger partial charge in [-0.3, -0.25) is 4.79 Å². The van der Waals surface area contributed by atoms with Crippen molar-refractivity contribution in [3.63, 3.8) is 0 Å². The third-order valence-corrected chi connectivity index (χ3v) is 5.18. The number of nitrogens with one attached hydrogen (secondary N) is 1. The lowest BCUT2D eigenvalue weighted by molar-refractivity contribution is -0.170. The number of hydrogen-bond donors (Lipinski definition) is 2. The highest BCUT2D eigenvalue weighted by molar-refractivity contribution is 6.30. The van der Waals surface area contributed by atoms with E-state index in [-0.39, 0.29) is 23.3 Å². The number of hydrogen-bond acceptors (Lipinski definition) is 3. The molecule has 1 aliphatic carbocycles. The first-order valence-corrected chi connectivity index (χ1v) is 7.22. The van der Waals surface area contributed by atoms with E-state index >= 15 is 0 Å². The Labute approximate surface area is 123 Å². The number of fused-ring (bicyclic) bond motifs is 1. The van der Waals surface area contributed by atoms with Crippen molar-refractivity contribution in [2.75, 3.05) is 11.9 Å². The molecule has 2 fully saturated rings. The summed E-state index contributed by atoms with van der Waals surface area (Å²) in [6.07, 6.45) is 0.932. The van der Waals surface area contributed by atoms with E-state index in [4.69, 9.17) is 22.1 Å². The van der Waals surface area contributed by atoms with Gasteiger partial charge in [0.15, 0.2) is 0 Å². The van der Waals surface area contributed by atoms with Gasteiger partial charge in [0.1, 0.15) is 5.54 Å². The fourth-order valence-electron chi connectivity index (χ4n) is 3.61. The summed E-state index contributed by atoms with van der Waals surface area (Å²) in [6.45, 7) is 4.69. The SMILES string of the molecule is CC1(C)C2OCCC2C1(N)C(=O)Nc1ccc(Cl)cc1. The molecule has 3 N–H and O–H groups in total. The maximum atomic E-state index is 12.6. The molecule has 1 saturated heterocycles. The van der Waals surface area contributed by atoms with Gasteiger partial charge in [-0.2, -0.15) is 0 Å². The molecule has 0 spiro atoms. The van der Waals surface area contributed by atoms with Gasteiger partial charge in [0.2, 0.25) is 5.91 Å². The lowest BCUT2D eigenvalue weighted by Gasteiger charge is -2.60. The summed E-state index contributed by atoms with van der Waals surface area (Å²) in [5.74, 6) is -0.0404. The minimum atomic E-state index is -0.881. The molecule has 1 saturated carbocycles. The second-order valence-electron chi connectivity index (χ2n) is 6.24. The van der Waals surface area contributed by atoms with Crippen LogP contribution in [0, 0.1) is 11.3 Å². The van der Waals surface area contributed by atoms with Gasteiger partial charge in [-0.15, -0.1) is 0 Å². The van der Waals surface area contributed by atoms with Crippen molar-refractivity contribution >= 4 is 23.2 Å². The first-order chi connectivity index (χ1) is 9.37. The topological polar surface area (TPSA) is 64.3 Å². The first kappa shape index (κ1) is 13.9. The maximum absolute atomic E-state index is 12.6. The summed E-state index contributed by atoms with van der Waals surface area (Å²) in [5, 5.41) is 3.54. The molecule has 0 aromatic heterocycles. The van der Waals surface area contributed by atoms with Crippen LogP contribution in [0.5, 0.6) is 0 Å². The van der Waals surface area contributed by atoms with Crippen molar-refractivity contribution in [2.45, 2.75) is 31.9 Å². The number of anilines is 1. The molecule has 3 atom stereocenters. The predicted octanol–water partition coefficient (Wildman–Crippen LogP) is 2.42. The second-order valence-corrected chi connectivity index (χ2v) is 6.67. The number of halogens is 1. The molecule has 5 heteroatoms. The Bertz CT molecular complexity index is 543. The molecule has 20 heavy (non-hydrogen) atoms. The standard InChI is InChI=1S/C15H19ClN2O2/c1-14(2)12-11(7-8-20-12)15(14,17)13(19)18-10-5-3-9(16)4-6-10/h3-6,11-12H,7-8,17H2,1-2H3,(H,18,19). The smallest absolute Gasteiger partial charge is 0.245 e. The van der Waals surface area contributed by atoms with E-state index in [1.807, 2.05) is 13.8 Å². The van der Waals surface area contributed by atoms with Gasteiger partial charge in [0, 0.05) is 28.6 Å². The molecule has 1 amide bonds. The molecule has 1 aliphatic heterocycles. The van der Waals surface area contributed by atoms with Crippen LogP contribution in [0.15, 0.2) is 24.3 Å². The van der Waals surface area contributed by atoms with Crippen molar-refractivity contribution in [2.24, 2.45) is 17.1 Å². The van der Waals surface area contributed by atoms with E-state index < -0.39 is 5.54 Å². The van der Waals surface area contributed by atoms with Gasteiger partial charge in [-0.25, -0.2) is 0 Å². The summed E-state index contributed by atoms with van der Waals surface area (Å²) in [5.41, 5.74) is 5.94. The second kappa shape index (κ2) is 4.45. The lowest BCUT2D eigenvalue weighted by atomic mass is 9.48. The molecule has 3 unspecified atom stereocenters. The van der Waals surface area contributed by atoms with E-state index in [2.05, 4.69) is 5.32 Å². The first-order valence-electron chi connectivity index (χ1n) is 6.85. The van der Waals surface area contributed by atoms with Crippen LogP contribution in [0.25, 0.3) is 0 Å². The van der Waals surface area contributed by atoms with Crippen molar-refractivity contribution in [1.29, 1.82) is 0 Å². The fraction of sp³-hybridized carbons (Fsp3) is 0.533. The monoisotopic (exact) mass is 294 g/mol. The summed E-state index contributed by atoms with van der Waals surface area (Å²) in [6, 6.07) is 7.04. The summed E-state index contributed by atoms with van der Waals surface area (Å²) < 4.78 is 5.70. The predicted molar refractivity (Wildman–Crippen MR) is 78.6 cm³/mol. The number of rotatable bonds is 2. The third-order valence-electron chi connectivity index (χ3n) is 4.93. The Morgan fingerprint density at radius 2 is 2.05 bits per heavy atom. The highest BCUT2D eigenvalue weighted by Crippen LogP contribution is 2.58. The Hall–Kier alpha value is -1.10. The molecule has 108 valence electrons. The van der Waals surface area contributed by atoms with Crippen molar-refractivity contribution in [3.8, 4) is 0 Å². The number of nitrogens with two attached hydrogens (primary N) is 1. The van der Waals surface area contributed by atoms with E-state index in [0.29, 0.717) is 17.3 Å². The summed E-state index contributed by atoms with van der Waals surface area (Å²) in [7, 11) is 0. The Balaban J connectivity index is 1.81. The van der Waals surface area contributed by atoms with Gasteiger partial charge in [-0.1, -0.05) is 25.4 Å². The molecule has 3 rings (SSSR count). The van der Waals surface area contributed by atoms with Crippen LogP contribution in [-0.4, -0.2) is 24.2 Å². The quantitative estimate of drug-likeness (QED) is 0.880. The molecule has 1 heterocycles. The van der Waals surface area contributed by atoms with Crippen LogP contribution in [-0.2, 0) is 9.53 Å². The lowest BCUT2D eigenvalue weighted by Crippen LogP contribution is -2.79. The van der Waals surface area contributed by atoms with Gasteiger partial charge < -0.3 is 15.8 Å². The Morgan fingerprint density at radius 1 is 1.40 bits per heavy atom. The Kier molecular flexibility index (Phi) is 3.08. The van der Waals surface area contributed by atoms with Gasteiger partial charge in [-0.05, 0) is 30.7 Å². The summed E-state index contributed by atoms with van der Waals surface area (Å²) in [4.78, 5) is 12.6. The van der Waals surface area contributed by atoms with Gasteiger partial charge >= 0.3 is 0 Å². The van der Waals surface area contributed by atoms with Crippen LogP contribution >= 0.6 is 11.6 Å². The highest BCUT2D eigenvalue weighted by atomic mass is 35.5. The zero-order chi connectivity index (χ0) is 14.5. The maximum Gasteiger partial charge on any atom is 0.245 e. The van der Waals surface area contributed by atoms with E-state index in [0.717, 1.165) is 6.42 Å². The third kappa shape index (κ3) is 1.72. The van der Waals surface area contributed by atoms with E-state index in [9.17, 15) is 4.79 Å². The normalized spacial score (nSPS) is 34.2. The largest absolute Gasteiger partial charge is 0.377 e. The number of carbonyl (C=O) groups is 1. The van der Waals surface area contributed by atoms with Gasteiger partial charge in [0.25, 0.3) is 0 Å². The van der Waals surface area contributed by atoms with Crippen molar-refractivity contribution in [3.05, 3.63) is 29.3 Å². The number of amides is 1. The molecule has 4 nitrogen and oxygen atoms in total. The van der Waals surface area contributed by atoms with Gasteiger partial charge in [0.05, 0.1) is 6.10 Å². The average Bonchev–Trinajstić information content (AvgIpc) is 2.88. The van der Waals surface area contributed by atoms with Crippen molar-refractivity contribution in [1.82, 2.24) is 0 Å². The van der Waals surface area contributed by atoms with E-state index in [1.165, 1.54) is 0 Å². The zero-order valence-corrected chi connectivity index (χ0v) is 12.4. The van der Waals surface area contributed by atoms with E-state index in [1.54, 1.807) is 24.3 Å². The highest BCUT2D eigenvalue weighted by Gasteiger charge is 2.71. The fourth-order valence-corrected chi connectivity index (χ4v) is 3.74. The van der Waals surface area contributed by atoms with Crippen LogP contribution in [0.3, 0.4) is 0 Å². The number of benzene rings is 1. The van der Waals surface area contributed by atoms with Crippen LogP contribution in [0.2, 0.25) is 5.02 Å². The summed E-state index contributed by atoms with van der Waals surface area (Å²) >= 11 is 5.84. The molecule has 2 aliphatic rings. The number of carbonyl (C=O) groups excluding carboxylic acids is 1. The molecule has 0 bridgehead atoms.